The molecule has 0 aromatic heterocycles. The molecule has 0 spiro atoms. The van der Waals surface area contributed by atoms with Gasteiger partial charge < -0.3 is 4.12 Å². The summed E-state index contributed by atoms with van der Waals surface area (Å²) in [7, 11) is -3.09. The Balaban J connectivity index is 3.35. The first kappa shape index (κ1) is 14.6. The molecule has 13 heavy (non-hydrogen) atoms. The van der Waals surface area contributed by atoms with E-state index >= 15 is 0 Å². The zero-order chi connectivity index (χ0) is 10.1. The molecule has 0 radical (unpaired) electrons. The summed E-state index contributed by atoms with van der Waals surface area (Å²) in [5, 5.41) is 0. The third kappa shape index (κ3) is 9.85. The third-order valence-electron chi connectivity index (χ3n) is 1.42. The molecule has 2 unspecified atom stereocenters. The normalized spacial score (nSPS) is 15.7. The summed E-state index contributed by atoms with van der Waals surface area (Å²) < 4.78 is 5.55. The molecule has 0 aliphatic carbocycles. The number of hydrogen-bond donors (Lipinski definition) is 0. The second-order valence-corrected chi connectivity index (χ2v) is 10.2. The van der Waals surface area contributed by atoms with Crippen LogP contribution in [0.1, 0.15) is 12.8 Å². The van der Waals surface area contributed by atoms with Gasteiger partial charge in [0.05, 0.1) is 0 Å². The molecular formula is C6H14Cl4OSi2. The lowest BCUT2D eigenvalue weighted by atomic mass is 10.6. The summed E-state index contributed by atoms with van der Waals surface area (Å²) in [5.41, 5.74) is 0. The van der Waals surface area contributed by atoms with Gasteiger partial charge in [-0.25, -0.2) is 0 Å². The average molecular weight is 300 g/mol. The Morgan fingerprint density at radius 2 is 1.23 bits per heavy atom. The summed E-state index contributed by atoms with van der Waals surface area (Å²) >= 11 is 23.1. The van der Waals surface area contributed by atoms with Gasteiger partial charge in [0.2, 0.25) is 0 Å². The van der Waals surface area contributed by atoms with Crippen LogP contribution in [0.4, 0.5) is 0 Å². The smallest absolute Gasteiger partial charge is 0.264 e. The molecule has 0 rings (SSSR count). The van der Waals surface area contributed by atoms with E-state index < -0.39 is 16.7 Å². The fourth-order valence-corrected chi connectivity index (χ4v) is 8.65. The van der Waals surface area contributed by atoms with E-state index in [2.05, 4.69) is 0 Å². The second kappa shape index (κ2) is 10.1. The third-order valence-corrected chi connectivity index (χ3v) is 9.21. The summed E-state index contributed by atoms with van der Waals surface area (Å²) in [5.74, 6) is 1.30. The van der Waals surface area contributed by atoms with E-state index in [0.717, 1.165) is 24.9 Å². The lowest BCUT2D eigenvalue weighted by Gasteiger charge is -2.12. The van der Waals surface area contributed by atoms with Gasteiger partial charge in [-0.15, -0.1) is 45.4 Å². The van der Waals surface area contributed by atoms with Gasteiger partial charge in [-0.05, 0) is 24.9 Å². The van der Waals surface area contributed by atoms with Crippen LogP contribution in [0.25, 0.3) is 0 Å². The van der Waals surface area contributed by atoms with E-state index in [9.17, 15) is 0 Å². The highest BCUT2D eigenvalue weighted by molar-refractivity contribution is 7.12. The van der Waals surface area contributed by atoms with E-state index in [4.69, 9.17) is 49.5 Å². The first-order valence-corrected chi connectivity index (χ1v) is 11.4. The van der Waals surface area contributed by atoms with E-state index in [0.29, 0.717) is 11.8 Å². The van der Waals surface area contributed by atoms with Gasteiger partial charge in [0.15, 0.2) is 0 Å². The van der Waals surface area contributed by atoms with Crippen molar-refractivity contribution in [1.29, 1.82) is 0 Å². The van der Waals surface area contributed by atoms with Gasteiger partial charge in [0.1, 0.15) is 0 Å². The molecule has 0 N–H and O–H groups in total. The van der Waals surface area contributed by atoms with Crippen molar-refractivity contribution in [1.82, 2.24) is 0 Å². The quantitative estimate of drug-likeness (QED) is 0.380. The van der Waals surface area contributed by atoms with Crippen molar-refractivity contribution < 1.29 is 4.12 Å². The second-order valence-electron chi connectivity index (χ2n) is 2.62. The molecule has 0 aromatic rings. The Hall–Kier alpha value is 1.55. The minimum absolute atomic E-state index is 0.649. The molecule has 0 saturated carbocycles. The molecule has 0 bridgehead atoms. The van der Waals surface area contributed by atoms with Crippen LogP contribution >= 0.6 is 45.4 Å². The summed E-state index contributed by atoms with van der Waals surface area (Å²) in [6.07, 6.45) is 1.85. The molecular weight excluding hydrogens is 286 g/mol. The fourth-order valence-electron chi connectivity index (χ4n) is 0.772. The Bertz CT molecular complexity index is 107. The maximum absolute atomic E-state index is 6.01. The lowest BCUT2D eigenvalue weighted by Crippen LogP contribution is -2.20. The van der Waals surface area contributed by atoms with Gasteiger partial charge >= 0.3 is 0 Å². The van der Waals surface area contributed by atoms with E-state index in [1.165, 1.54) is 0 Å². The molecule has 80 valence electrons. The lowest BCUT2D eigenvalue weighted by molar-refractivity contribution is 0.611. The molecule has 0 aliphatic rings. The Kier molecular flexibility index (Phi) is 11.3. The largest absolute Gasteiger partial charge is 0.437 e. The van der Waals surface area contributed by atoms with Crippen LogP contribution in [-0.2, 0) is 4.12 Å². The standard InChI is InChI=1S/C6H14Cl4OSi2/c7-3-1-5-12(9)11-13(10)6-2-4-8/h12-13H,1-6H2. The number of hydrogen-bond acceptors (Lipinski definition) is 1. The van der Waals surface area contributed by atoms with E-state index in [-0.39, 0.29) is 0 Å². The zero-order valence-corrected chi connectivity index (χ0v) is 12.7. The first-order valence-electron chi connectivity index (χ1n) is 4.26. The first-order chi connectivity index (χ1) is 6.20. The predicted octanol–water partition coefficient (Wildman–Crippen LogP) is 3.18. The Morgan fingerprint density at radius 3 is 1.54 bits per heavy atom. The van der Waals surface area contributed by atoms with Crippen LogP contribution in [0.5, 0.6) is 0 Å². The van der Waals surface area contributed by atoms with Crippen LogP contribution in [-0.4, -0.2) is 28.5 Å². The van der Waals surface area contributed by atoms with Crippen molar-refractivity contribution in [3.8, 4) is 0 Å². The van der Waals surface area contributed by atoms with E-state index in [1.807, 2.05) is 0 Å². The number of alkyl halides is 2. The maximum atomic E-state index is 6.01. The minimum Gasteiger partial charge on any atom is -0.437 e. The molecule has 0 heterocycles. The zero-order valence-electron chi connectivity index (χ0n) is 7.32. The van der Waals surface area contributed by atoms with Crippen molar-refractivity contribution in [2.45, 2.75) is 24.9 Å². The van der Waals surface area contributed by atoms with Crippen molar-refractivity contribution in [2.75, 3.05) is 11.8 Å². The van der Waals surface area contributed by atoms with Gasteiger partial charge in [-0.1, -0.05) is 0 Å². The number of halogens is 4. The van der Waals surface area contributed by atoms with Gasteiger partial charge in [0, 0.05) is 11.8 Å². The van der Waals surface area contributed by atoms with Crippen molar-refractivity contribution in [3.05, 3.63) is 0 Å². The Morgan fingerprint density at radius 1 is 0.846 bits per heavy atom. The molecule has 0 fully saturated rings. The van der Waals surface area contributed by atoms with Crippen LogP contribution in [0.15, 0.2) is 0 Å². The summed E-state index contributed by atoms with van der Waals surface area (Å²) in [4.78, 5) is 0. The topological polar surface area (TPSA) is 9.23 Å². The molecule has 0 aliphatic heterocycles. The fraction of sp³-hybridized carbons (Fsp3) is 1.00. The molecule has 0 saturated heterocycles. The highest BCUT2D eigenvalue weighted by Gasteiger charge is 2.14. The Labute approximate surface area is 103 Å². The van der Waals surface area contributed by atoms with Crippen LogP contribution < -0.4 is 0 Å². The van der Waals surface area contributed by atoms with Crippen molar-refractivity contribution in [3.63, 3.8) is 0 Å². The summed E-state index contributed by atoms with van der Waals surface area (Å²) in [6.45, 7) is 0. The van der Waals surface area contributed by atoms with E-state index in [1.54, 1.807) is 0 Å². The van der Waals surface area contributed by atoms with Gasteiger partial charge in [-0.2, -0.15) is 0 Å². The van der Waals surface area contributed by atoms with Crippen molar-refractivity contribution in [2.24, 2.45) is 0 Å². The number of rotatable bonds is 8. The maximum Gasteiger partial charge on any atom is 0.264 e. The minimum atomic E-state index is -1.55. The van der Waals surface area contributed by atoms with Crippen molar-refractivity contribution >= 4 is 62.1 Å². The molecule has 7 heteroatoms. The monoisotopic (exact) mass is 298 g/mol. The SMILES string of the molecule is ClCCC[SiH](Cl)O[SiH](Cl)CCCCl. The van der Waals surface area contributed by atoms with Crippen LogP contribution in [0, 0.1) is 0 Å². The van der Waals surface area contributed by atoms with Gasteiger partial charge in [-0.3, -0.25) is 0 Å². The highest BCUT2D eigenvalue weighted by atomic mass is 35.6. The molecule has 0 amide bonds. The molecule has 2 atom stereocenters. The molecule has 1 nitrogen and oxygen atoms in total. The average Bonchev–Trinajstić information content (AvgIpc) is 2.11. The van der Waals surface area contributed by atoms with Crippen LogP contribution in [0.3, 0.4) is 0 Å². The van der Waals surface area contributed by atoms with Crippen LogP contribution in [0.2, 0.25) is 12.1 Å². The summed E-state index contributed by atoms with van der Waals surface area (Å²) in [6, 6.07) is 1.81. The highest BCUT2D eigenvalue weighted by Crippen LogP contribution is 2.12. The predicted molar refractivity (Wildman–Crippen MR) is 67.4 cm³/mol. The molecule has 0 aromatic carbocycles. The van der Waals surface area contributed by atoms with Gasteiger partial charge in [0.25, 0.3) is 16.7 Å².